The van der Waals surface area contributed by atoms with Gasteiger partial charge in [-0.15, -0.1) is 0 Å². The van der Waals surface area contributed by atoms with Crippen LogP contribution in [-0.4, -0.2) is 22.4 Å². The van der Waals surface area contributed by atoms with Crippen LogP contribution < -0.4 is 0 Å². The van der Waals surface area contributed by atoms with Crippen LogP contribution in [0.25, 0.3) is 0 Å². The van der Waals surface area contributed by atoms with E-state index in [1.807, 2.05) is 0 Å². The Labute approximate surface area is 121 Å². The normalized spacial score (nSPS) is 50.6. The number of aliphatic hydroxyl groups is 2. The maximum absolute atomic E-state index is 10.4. The highest BCUT2D eigenvalue weighted by atomic mass is 16.3. The van der Waals surface area contributed by atoms with Crippen molar-refractivity contribution < 1.29 is 10.2 Å². The van der Waals surface area contributed by atoms with Crippen molar-refractivity contribution in [1.82, 2.24) is 0 Å². The van der Waals surface area contributed by atoms with Gasteiger partial charge in [-0.1, -0.05) is 19.1 Å². The lowest BCUT2D eigenvalue weighted by Gasteiger charge is -2.51. The van der Waals surface area contributed by atoms with Crippen LogP contribution in [0, 0.1) is 23.2 Å². The molecule has 2 heteroatoms. The smallest absolute Gasteiger partial charge is 0.0761 e. The van der Waals surface area contributed by atoms with Crippen molar-refractivity contribution in [2.24, 2.45) is 23.2 Å². The fourth-order valence-electron chi connectivity index (χ4n) is 5.76. The van der Waals surface area contributed by atoms with Crippen LogP contribution >= 0.6 is 0 Å². The van der Waals surface area contributed by atoms with Crippen molar-refractivity contribution in [1.29, 1.82) is 0 Å². The lowest BCUT2D eigenvalue weighted by atomic mass is 9.54. The molecule has 0 aromatic rings. The highest BCUT2D eigenvalue weighted by molar-refractivity contribution is 5.40. The minimum atomic E-state index is -0.257. The summed E-state index contributed by atoms with van der Waals surface area (Å²) in [5, 5.41) is 20.2. The first-order chi connectivity index (χ1) is 9.59. The summed E-state index contributed by atoms with van der Waals surface area (Å²) >= 11 is 0. The Bertz CT molecular complexity index is 478. The van der Waals surface area contributed by atoms with Crippen LogP contribution in [0.5, 0.6) is 0 Å². The van der Waals surface area contributed by atoms with Gasteiger partial charge in [-0.05, 0) is 79.3 Å². The summed E-state index contributed by atoms with van der Waals surface area (Å²) in [6, 6.07) is 0. The van der Waals surface area contributed by atoms with E-state index in [1.165, 1.54) is 31.3 Å². The molecule has 110 valence electrons. The molecule has 0 radical (unpaired) electrons. The molecule has 0 bridgehead atoms. The molecule has 20 heavy (non-hydrogen) atoms. The number of fused-ring (bicyclic) bond motifs is 5. The summed E-state index contributed by atoms with van der Waals surface area (Å²) < 4.78 is 0. The largest absolute Gasteiger partial charge is 0.393 e. The quantitative estimate of drug-likeness (QED) is 0.712. The Morgan fingerprint density at radius 1 is 1.15 bits per heavy atom. The number of hydrogen-bond acceptors (Lipinski definition) is 2. The zero-order valence-corrected chi connectivity index (χ0v) is 12.4. The lowest BCUT2D eigenvalue weighted by molar-refractivity contribution is -0.0308. The maximum atomic E-state index is 10.4. The van der Waals surface area contributed by atoms with Crippen molar-refractivity contribution in [2.75, 3.05) is 0 Å². The summed E-state index contributed by atoms with van der Waals surface area (Å²) in [5.74, 6) is 2.18. The second kappa shape index (κ2) is 4.45. The first-order valence-corrected chi connectivity index (χ1v) is 8.37. The van der Waals surface area contributed by atoms with Gasteiger partial charge in [0.25, 0.3) is 0 Å². The van der Waals surface area contributed by atoms with Crippen molar-refractivity contribution in [2.45, 2.75) is 64.1 Å². The van der Waals surface area contributed by atoms with E-state index in [2.05, 4.69) is 19.1 Å². The minimum absolute atomic E-state index is 0.0763. The average Bonchev–Trinajstić information content (AvgIpc) is 2.74. The van der Waals surface area contributed by atoms with Crippen LogP contribution in [-0.2, 0) is 0 Å². The van der Waals surface area contributed by atoms with Crippen LogP contribution in [0.1, 0.15) is 51.9 Å². The van der Waals surface area contributed by atoms with Gasteiger partial charge in [0.1, 0.15) is 0 Å². The number of rotatable bonds is 0. The Kier molecular flexibility index (Phi) is 2.91. The van der Waals surface area contributed by atoms with E-state index in [-0.39, 0.29) is 17.6 Å². The molecule has 3 fully saturated rings. The monoisotopic (exact) mass is 274 g/mol. The molecule has 0 amide bonds. The van der Waals surface area contributed by atoms with E-state index in [9.17, 15) is 10.2 Å². The van der Waals surface area contributed by atoms with E-state index in [1.54, 1.807) is 5.57 Å². The van der Waals surface area contributed by atoms with Crippen LogP contribution in [0.3, 0.4) is 0 Å². The molecule has 0 spiro atoms. The summed E-state index contributed by atoms with van der Waals surface area (Å²) in [7, 11) is 0. The van der Waals surface area contributed by atoms with E-state index in [0.29, 0.717) is 11.8 Å². The molecule has 0 aromatic carbocycles. The minimum Gasteiger partial charge on any atom is -0.393 e. The third-order valence-corrected chi connectivity index (χ3v) is 6.88. The van der Waals surface area contributed by atoms with Gasteiger partial charge in [-0.3, -0.25) is 0 Å². The van der Waals surface area contributed by atoms with Crippen molar-refractivity contribution in [3.05, 3.63) is 23.3 Å². The zero-order valence-electron chi connectivity index (χ0n) is 12.4. The molecule has 2 nitrogen and oxygen atoms in total. The van der Waals surface area contributed by atoms with Gasteiger partial charge < -0.3 is 10.2 Å². The zero-order chi connectivity index (χ0) is 13.9. The highest BCUT2D eigenvalue weighted by Gasteiger charge is 2.54. The number of aliphatic hydroxyl groups excluding tert-OH is 2. The first kappa shape index (κ1) is 13.1. The third kappa shape index (κ3) is 1.70. The molecule has 0 saturated heterocycles. The molecule has 0 aromatic heterocycles. The summed E-state index contributed by atoms with van der Waals surface area (Å²) in [6.07, 6.45) is 11.9. The predicted octanol–water partition coefficient (Wildman–Crippen LogP) is 3.20. The van der Waals surface area contributed by atoms with E-state index in [4.69, 9.17) is 0 Å². The Morgan fingerprint density at radius 2 is 2.00 bits per heavy atom. The SMILES string of the molecule is CC12CCC3C4=CCC(O)C=C4CCC3C1CCC2O. The molecule has 0 heterocycles. The van der Waals surface area contributed by atoms with Gasteiger partial charge in [-0.2, -0.15) is 0 Å². The van der Waals surface area contributed by atoms with Crippen molar-refractivity contribution >= 4 is 0 Å². The Hall–Kier alpha value is -0.600. The van der Waals surface area contributed by atoms with Crippen LogP contribution in [0.15, 0.2) is 23.3 Å². The predicted molar refractivity (Wildman–Crippen MR) is 79.1 cm³/mol. The van der Waals surface area contributed by atoms with E-state index < -0.39 is 0 Å². The van der Waals surface area contributed by atoms with Crippen molar-refractivity contribution in [3.8, 4) is 0 Å². The third-order valence-electron chi connectivity index (χ3n) is 6.88. The molecule has 6 atom stereocenters. The topological polar surface area (TPSA) is 40.5 Å². The lowest BCUT2D eigenvalue weighted by Crippen LogP contribution is -2.45. The van der Waals surface area contributed by atoms with E-state index >= 15 is 0 Å². The van der Waals surface area contributed by atoms with Crippen LogP contribution in [0.4, 0.5) is 0 Å². The molecule has 3 saturated carbocycles. The molecule has 2 N–H and O–H groups in total. The first-order valence-electron chi connectivity index (χ1n) is 8.37. The van der Waals surface area contributed by atoms with Gasteiger partial charge in [0.15, 0.2) is 0 Å². The summed E-state index contributed by atoms with van der Waals surface area (Å²) in [6.45, 7) is 2.33. The van der Waals surface area contributed by atoms with E-state index in [0.717, 1.165) is 25.2 Å². The van der Waals surface area contributed by atoms with Gasteiger partial charge in [0, 0.05) is 0 Å². The summed E-state index contributed by atoms with van der Waals surface area (Å²) in [5.41, 5.74) is 3.15. The van der Waals surface area contributed by atoms with Gasteiger partial charge >= 0.3 is 0 Å². The Morgan fingerprint density at radius 3 is 2.85 bits per heavy atom. The van der Waals surface area contributed by atoms with Gasteiger partial charge in [0.05, 0.1) is 12.2 Å². The molecular formula is C18H26O2. The molecular weight excluding hydrogens is 248 g/mol. The second-order valence-electron chi connectivity index (χ2n) is 7.71. The van der Waals surface area contributed by atoms with Crippen molar-refractivity contribution in [3.63, 3.8) is 0 Å². The maximum Gasteiger partial charge on any atom is 0.0761 e. The molecule has 4 rings (SSSR count). The molecule has 0 aliphatic heterocycles. The fraction of sp³-hybridized carbons (Fsp3) is 0.778. The van der Waals surface area contributed by atoms with Gasteiger partial charge in [0.2, 0.25) is 0 Å². The standard InChI is InChI=1S/C18H26O2/c1-18-9-8-14-13-5-3-12(19)10-11(13)2-4-15(14)16(18)6-7-17(18)20/h5,10,12,14-17,19-20H,2-4,6-9H2,1H3. The van der Waals surface area contributed by atoms with Gasteiger partial charge in [-0.25, -0.2) is 0 Å². The summed E-state index contributed by atoms with van der Waals surface area (Å²) in [4.78, 5) is 0. The number of hydrogen-bond donors (Lipinski definition) is 2. The molecule has 6 unspecified atom stereocenters. The highest BCUT2D eigenvalue weighted by Crippen LogP contribution is 2.61. The Balaban J connectivity index is 1.65. The second-order valence-corrected chi connectivity index (χ2v) is 7.71. The fourth-order valence-corrected chi connectivity index (χ4v) is 5.76. The number of allylic oxidation sites excluding steroid dienone is 2. The molecule has 4 aliphatic carbocycles. The molecule has 4 aliphatic rings. The van der Waals surface area contributed by atoms with Crippen LogP contribution in [0.2, 0.25) is 0 Å². The average molecular weight is 274 g/mol.